The van der Waals surface area contributed by atoms with Gasteiger partial charge in [0.1, 0.15) is 12.4 Å². The molecule has 0 aliphatic heterocycles. The molecule has 0 bridgehead atoms. The van der Waals surface area contributed by atoms with Crippen LogP contribution in [0.1, 0.15) is 11.1 Å². The van der Waals surface area contributed by atoms with Crippen molar-refractivity contribution in [1.29, 1.82) is 0 Å². The molecule has 0 aliphatic carbocycles. The Kier molecular flexibility index (Phi) is 5.57. The number of pyridine rings is 1. The third kappa shape index (κ3) is 4.46. The summed E-state index contributed by atoms with van der Waals surface area (Å²) in [5.41, 5.74) is 6.38. The van der Waals surface area contributed by atoms with E-state index in [1.165, 1.54) is 0 Å². The minimum Gasteiger partial charge on any atom is -0.497 e. The standard InChI is InChI=1S/C26H23NO2/c1-19-15-23(28-2)13-14-24(19)25-16-22(21-11-7-4-8-12-21)17-26(27-25)29-18-20-9-5-3-6-10-20/h3-17H,18H2,1-2H3. The van der Waals surface area contributed by atoms with Gasteiger partial charge in [-0.1, -0.05) is 60.7 Å². The lowest BCUT2D eigenvalue weighted by Gasteiger charge is -2.13. The molecule has 0 atom stereocenters. The van der Waals surface area contributed by atoms with Crippen molar-refractivity contribution in [1.82, 2.24) is 4.98 Å². The highest BCUT2D eigenvalue weighted by atomic mass is 16.5. The predicted octanol–water partition coefficient (Wildman–Crippen LogP) is 6.31. The largest absolute Gasteiger partial charge is 0.497 e. The second-order valence-corrected chi connectivity index (χ2v) is 6.90. The first-order valence-corrected chi connectivity index (χ1v) is 9.62. The maximum atomic E-state index is 6.07. The van der Waals surface area contributed by atoms with Crippen LogP contribution in [0.3, 0.4) is 0 Å². The van der Waals surface area contributed by atoms with Gasteiger partial charge in [0.2, 0.25) is 5.88 Å². The van der Waals surface area contributed by atoms with Gasteiger partial charge in [0.25, 0.3) is 0 Å². The van der Waals surface area contributed by atoms with Crippen LogP contribution in [0, 0.1) is 6.92 Å². The van der Waals surface area contributed by atoms with Crippen molar-refractivity contribution in [2.45, 2.75) is 13.5 Å². The van der Waals surface area contributed by atoms with Crippen LogP contribution >= 0.6 is 0 Å². The number of benzene rings is 3. The molecule has 0 unspecified atom stereocenters. The number of aryl methyl sites for hydroxylation is 1. The molecule has 0 saturated heterocycles. The van der Waals surface area contributed by atoms with Gasteiger partial charge in [0.15, 0.2) is 0 Å². The quantitative estimate of drug-likeness (QED) is 0.392. The second kappa shape index (κ2) is 8.61. The summed E-state index contributed by atoms with van der Waals surface area (Å²) in [6.45, 7) is 2.55. The van der Waals surface area contributed by atoms with Crippen molar-refractivity contribution < 1.29 is 9.47 Å². The Morgan fingerprint density at radius 1 is 0.759 bits per heavy atom. The first-order chi connectivity index (χ1) is 14.2. The van der Waals surface area contributed by atoms with Gasteiger partial charge in [-0.15, -0.1) is 0 Å². The van der Waals surface area contributed by atoms with Crippen molar-refractivity contribution in [2.75, 3.05) is 7.11 Å². The molecule has 3 nitrogen and oxygen atoms in total. The number of ether oxygens (including phenoxy) is 2. The summed E-state index contributed by atoms with van der Waals surface area (Å²) in [4.78, 5) is 4.80. The molecular weight excluding hydrogens is 358 g/mol. The number of hydrogen-bond donors (Lipinski definition) is 0. The third-order valence-electron chi connectivity index (χ3n) is 4.85. The van der Waals surface area contributed by atoms with Gasteiger partial charge in [0, 0.05) is 11.6 Å². The van der Waals surface area contributed by atoms with E-state index in [4.69, 9.17) is 14.5 Å². The summed E-state index contributed by atoms with van der Waals surface area (Å²) in [5, 5.41) is 0. The summed E-state index contributed by atoms with van der Waals surface area (Å²) in [5.74, 6) is 1.45. The predicted molar refractivity (Wildman–Crippen MR) is 117 cm³/mol. The van der Waals surface area contributed by atoms with Crippen molar-refractivity contribution in [3.8, 4) is 34.0 Å². The Labute approximate surface area is 171 Å². The van der Waals surface area contributed by atoms with E-state index in [1.807, 2.05) is 60.7 Å². The molecule has 4 aromatic rings. The molecule has 1 heterocycles. The number of nitrogens with zero attached hydrogens (tertiary/aromatic N) is 1. The fraction of sp³-hybridized carbons (Fsp3) is 0.115. The van der Waals surface area contributed by atoms with Crippen molar-refractivity contribution in [3.05, 3.63) is 102 Å². The van der Waals surface area contributed by atoms with Crippen LogP contribution in [-0.2, 0) is 6.61 Å². The molecule has 0 N–H and O–H groups in total. The van der Waals surface area contributed by atoms with E-state index in [-0.39, 0.29) is 0 Å². The average Bonchev–Trinajstić information content (AvgIpc) is 2.78. The zero-order chi connectivity index (χ0) is 20.1. The van der Waals surface area contributed by atoms with Gasteiger partial charge in [-0.05, 0) is 53.4 Å². The topological polar surface area (TPSA) is 31.4 Å². The summed E-state index contributed by atoms with van der Waals surface area (Å²) in [7, 11) is 1.68. The van der Waals surface area contributed by atoms with Crippen LogP contribution in [-0.4, -0.2) is 12.1 Å². The summed E-state index contributed by atoms with van der Waals surface area (Å²) < 4.78 is 11.4. The number of hydrogen-bond acceptors (Lipinski definition) is 3. The summed E-state index contributed by atoms with van der Waals surface area (Å²) >= 11 is 0. The molecule has 1 aromatic heterocycles. The van der Waals surface area contributed by atoms with Gasteiger partial charge in [-0.2, -0.15) is 0 Å². The highest BCUT2D eigenvalue weighted by molar-refractivity contribution is 5.73. The average molecular weight is 381 g/mol. The summed E-state index contributed by atoms with van der Waals surface area (Å²) in [6.07, 6.45) is 0. The highest BCUT2D eigenvalue weighted by Gasteiger charge is 2.11. The Morgan fingerprint density at radius 3 is 2.17 bits per heavy atom. The van der Waals surface area contributed by atoms with E-state index in [9.17, 15) is 0 Å². The first-order valence-electron chi connectivity index (χ1n) is 9.62. The molecule has 29 heavy (non-hydrogen) atoms. The zero-order valence-electron chi connectivity index (χ0n) is 16.6. The Hall–Kier alpha value is -3.59. The maximum absolute atomic E-state index is 6.07. The monoisotopic (exact) mass is 381 g/mol. The normalized spacial score (nSPS) is 10.6. The molecule has 3 heteroatoms. The highest BCUT2D eigenvalue weighted by Crippen LogP contribution is 2.32. The van der Waals surface area contributed by atoms with E-state index >= 15 is 0 Å². The molecule has 0 radical (unpaired) electrons. The Morgan fingerprint density at radius 2 is 1.48 bits per heavy atom. The third-order valence-corrected chi connectivity index (χ3v) is 4.85. The van der Waals surface area contributed by atoms with E-state index in [0.29, 0.717) is 12.5 Å². The number of aromatic nitrogens is 1. The lowest BCUT2D eigenvalue weighted by molar-refractivity contribution is 0.294. The van der Waals surface area contributed by atoms with Crippen LogP contribution in [0.15, 0.2) is 91.0 Å². The molecule has 3 aromatic carbocycles. The molecule has 0 fully saturated rings. The van der Waals surface area contributed by atoms with Crippen molar-refractivity contribution in [2.24, 2.45) is 0 Å². The molecule has 4 rings (SSSR count). The minimum atomic E-state index is 0.479. The smallest absolute Gasteiger partial charge is 0.214 e. The van der Waals surface area contributed by atoms with Gasteiger partial charge in [-0.25, -0.2) is 4.98 Å². The van der Waals surface area contributed by atoms with Gasteiger partial charge < -0.3 is 9.47 Å². The van der Waals surface area contributed by atoms with E-state index in [0.717, 1.165) is 39.3 Å². The molecular formula is C26H23NO2. The molecule has 0 spiro atoms. The lowest BCUT2D eigenvalue weighted by Crippen LogP contribution is -1.99. The molecule has 144 valence electrons. The molecule has 0 saturated carbocycles. The van der Waals surface area contributed by atoms with Crippen LogP contribution in [0.25, 0.3) is 22.4 Å². The molecule has 0 amide bonds. The van der Waals surface area contributed by atoms with Crippen LogP contribution in [0.4, 0.5) is 0 Å². The van der Waals surface area contributed by atoms with Crippen LogP contribution in [0.5, 0.6) is 11.6 Å². The number of methoxy groups -OCH3 is 1. The van der Waals surface area contributed by atoms with Crippen molar-refractivity contribution in [3.63, 3.8) is 0 Å². The Bertz CT molecular complexity index is 1090. The number of rotatable bonds is 6. The minimum absolute atomic E-state index is 0.479. The van der Waals surface area contributed by atoms with Gasteiger partial charge in [-0.3, -0.25) is 0 Å². The van der Waals surface area contributed by atoms with Gasteiger partial charge >= 0.3 is 0 Å². The van der Waals surface area contributed by atoms with Crippen LogP contribution < -0.4 is 9.47 Å². The zero-order valence-corrected chi connectivity index (χ0v) is 16.6. The van der Waals surface area contributed by atoms with E-state index < -0.39 is 0 Å². The van der Waals surface area contributed by atoms with Crippen LogP contribution in [0.2, 0.25) is 0 Å². The maximum Gasteiger partial charge on any atom is 0.214 e. The van der Waals surface area contributed by atoms with E-state index in [2.05, 4.69) is 37.3 Å². The lowest BCUT2D eigenvalue weighted by atomic mass is 10.0. The first kappa shape index (κ1) is 18.8. The fourth-order valence-corrected chi connectivity index (χ4v) is 3.30. The SMILES string of the molecule is COc1ccc(-c2cc(-c3ccccc3)cc(OCc3ccccc3)n2)c(C)c1. The Balaban J connectivity index is 1.74. The summed E-state index contributed by atoms with van der Waals surface area (Å²) in [6, 6.07) is 30.6. The fourth-order valence-electron chi connectivity index (χ4n) is 3.30. The van der Waals surface area contributed by atoms with Crippen molar-refractivity contribution >= 4 is 0 Å². The van der Waals surface area contributed by atoms with E-state index in [1.54, 1.807) is 7.11 Å². The molecule has 0 aliphatic rings. The van der Waals surface area contributed by atoms with Gasteiger partial charge in [0.05, 0.1) is 12.8 Å². The second-order valence-electron chi connectivity index (χ2n) is 6.90.